The topological polar surface area (TPSA) is 38.0 Å². The van der Waals surface area contributed by atoms with Gasteiger partial charge < -0.3 is 0 Å². The highest BCUT2D eigenvalue weighted by Crippen LogP contribution is 2.22. The van der Waals surface area contributed by atoms with Crippen LogP contribution in [0.1, 0.15) is 71.1 Å². The van der Waals surface area contributed by atoms with E-state index in [-0.39, 0.29) is 0 Å². The largest absolute Gasteiger partial charge is 0.271 e. The molecule has 0 aliphatic heterocycles. The van der Waals surface area contributed by atoms with Crippen molar-refractivity contribution in [3.63, 3.8) is 0 Å². The fourth-order valence-corrected chi connectivity index (χ4v) is 2.51. The van der Waals surface area contributed by atoms with Crippen LogP contribution in [0.25, 0.3) is 0 Å². The number of rotatable bonds is 8. The van der Waals surface area contributed by atoms with Gasteiger partial charge in [0, 0.05) is 6.04 Å². The van der Waals surface area contributed by atoms with Gasteiger partial charge in [0.25, 0.3) is 0 Å². The number of nitrogens with one attached hydrogen (secondary N) is 1. The monoisotopic (exact) mass is 224 g/mol. The zero-order valence-corrected chi connectivity index (χ0v) is 10.8. The minimum Gasteiger partial charge on any atom is -0.271 e. The lowest BCUT2D eigenvalue weighted by Gasteiger charge is -2.22. The first-order valence-corrected chi connectivity index (χ1v) is 7.03. The fourth-order valence-electron chi connectivity index (χ4n) is 2.51. The van der Waals surface area contributed by atoms with Crippen molar-refractivity contribution in [1.82, 2.24) is 5.43 Å². The van der Waals surface area contributed by atoms with Crippen molar-refractivity contribution in [2.24, 2.45) is 5.84 Å². The predicted molar refractivity (Wildman–Crippen MR) is 71.0 cm³/mol. The van der Waals surface area contributed by atoms with Gasteiger partial charge >= 0.3 is 0 Å². The summed E-state index contributed by atoms with van der Waals surface area (Å²) in [6.45, 7) is 2.26. The van der Waals surface area contributed by atoms with E-state index in [1.54, 1.807) is 5.57 Å². The third-order valence-electron chi connectivity index (χ3n) is 3.57. The molecule has 0 heterocycles. The molecule has 2 nitrogen and oxygen atoms in total. The maximum atomic E-state index is 5.65. The molecule has 0 fully saturated rings. The Hall–Kier alpha value is -0.340. The highest BCUT2D eigenvalue weighted by Gasteiger charge is 2.13. The van der Waals surface area contributed by atoms with Gasteiger partial charge in [0.1, 0.15) is 0 Å². The second kappa shape index (κ2) is 8.77. The number of hydrazine groups is 1. The third kappa shape index (κ3) is 5.13. The molecule has 1 aliphatic rings. The summed E-state index contributed by atoms with van der Waals surface area (Å²) in [7, 11) is 0. The number of hydrogen-bond acceptors (Lipinski definition) is 2. The molecule has 0 aromatic carbocycles. The molecule has 0 spiro atoms. The zero-order valence-electron chi connectivity index (χ0n) is 10.8. The molecular weight excluding hydrogens is 196 g/mol. The fraction of sp³-hybridized carbons (Fsp3) is 0.857. The smallest absolute Gasteiger partial charge is 0.0419 e. The Morgan fingerprint density at radius 3 is 2.69 bits per heavy atom. The van der Waals surface area contributed by atoms with Crippen LogP contribution >= 0.6 is 0 Å². The quantitative estimate of drug-likeness (QED) is 0.286. The van der Waals surface area contributed by atoms with Crippen LogP contribution in [0.4, 0.5) is 0 Å². The van der Waals surface area contributed by atoms with Crippen LogP contribution in [0.2, 0.25) is 0 Å². The average Bonchev–Trinajstić information content (AvgIpc) is 2.35. The van der Waals surface area contributed by atoms with Gasteiger partial charge in [0.2, 0.25) is 0 Å². The van der Waals surface area contributed by atoms with E-state index in [1.165, 1.54) is 64.2 Å². The van der Waals surface area contributed by atoms with E-state index in [0.29, 0.717) is 6.04 Å². The molecule has 0 saturated heterocycles. The molecule has 0 bridgehead atoms. The zero-order chi connectivity index (χ0) is 11.6. The summed E-state index contributed by atoms with van der Waals surface area (Å²) in [4.78, 5) is 0. The van der Waals surface area contributed by atoms with Crippen LogP contribution in [0.3, 0.4) is 0 Å². The molecule has 3 N–H and O–H groups in total. The van der Waals surface area contributed by atoms with Crippen molar-refractivity contribution in [1.29, 1.82) is 0 Å². The van der Waals surface area contributed by atoms with Crippen LogP contribution < -0.4 is 11.3 Å². The summed E-state index contributed by atoms with van der Waals surface area (Å²) in [5.41, 5.74) is 4.55. The third-order valence-corrected chi connectivity index (χ3v) is 3.57. The van der Waals surface area contributed by atoms with E-state index in [0.717, 1.165) is 0 Å². The maximum absolute atomic E-state index is 5.65. The van der Waals surface area contributed by atoms with Crippen LogP contribution in [0, 0.1) is 0 Å². The highest BCUT2D eigenvalue weighted by atomic mass is 15.2. The van der Waals surface area contributed by atoms with Crippen LogP contribution in [0.15, 0.2) is 11.6 Å². The van der Waals surface area contributed by atoms with E-state index in [9.17, 15) is 0 Å². The van der Waals surface area contributed by atoms with Crippen LogP contribution in [-0.2, 0) is 0 Å². The second-order valence-electron chi connectivity index (χ2n) is 4.95. The summed E-state index contributed by atoms with van der Waals surface area (Å²) < 4.78 is 0. The molecule has 2 heteroatoms. The number of hydrogen-bond donors (Lipinski definition) is 2. The molecule has 0 aromatic heterocycles. The van der Waals surface area contributed by atoms with Crippen molar-refractivity contribution in [2.75, 3.05) is 0 Å². The maximum Gasteiger partial charge on any atom is 0.0419 e. The van der Waals surface area contributed by atoms with Crippen molar-refractivity contribution in [3.05, 3.63) is 11.6 Å². The molecule has 1 rings (SSSR count). The highest BCUT2D eigenvalue weighted by molar-refractivity contribution is 5.12. The van der Waals surface area contributed by atoms with E-state index < -0.39 is 0 Å². The normalized spacial score (nSPS) is 18.2. The van der Waals surface area contributed by atoms with Crippen LogP contribution in [0.5, 0.6) is 0 Å². The molecule has 0 saturated carbocycles. The van der Waals surface area contributed by atoms with Crippen molar-refractivity contribution in [3.8, 4) is 0 Å². The SMILES string of the molecule is CCCCCCCC(NN)C1=CCCCC1. The second-order valence-corrected chi connectivity index (χ2v) is 4.95. The van der Waals surface area contributed by atoms with Crippen LogP contribution in [-0.4, -0.2) is 6.04 Å². The lowest BCUT2D eigenvalue weighted by Crippen LogP contribution is -2.37. The summed E-state index contributed by atoms with van der Waals surface area (Å²) in [5, 5.41) is 0. The molecule has 1 unspecified atom stereocenters. The van der Waals surface area contributed by atoms with Gasteiger partial charge in [0.15, 0.2) is 0 Å². The summed E-state index contributed by atoms with van der Waals surface area (Å²) >= 11 is 0. The minimum atomic E-state index is 0.446. The Labute approximate surface area is 101 Å². The molecule has 1 aliphatic carbocycles. The standard InChI is InChI=1S/C14H28N2/c1-2-3-4-5-9-12-14(16-15)13-10-7-6-8-11-13/h10,14,16H,2-9,11-12,15H2,1H3. The van der Waals surface area contributed by atoms with E-state index in [1.807, 2.05) is 0 Å². The Balaban J connectivity index is 2.18. The Kier molecular flexibility index (Phi) is 7.52. The molecule has 0 amide bonds. The Bertz CT molecular complexity index is 199. The van der Waals surface area contributed by atoms with Gasteiger partial charge in [-0.25, -0.2) is 0 Å². The van der Waals surface area contributed by atoms with Crippen molar-refractivity contribution < 1.29 is 0 Å². The molecule has 0 aromatic rings. The summed E-state index contributed by atoms with van der Waals surface area (Å²) in [6, 6.07) is 0.446. The molecule has 94 valence electrons. The number of nitrogens with two attached hydrogens (primary N) is 1. The molecule has 16 heavy (non-hydrogen) atoms. The average molecular weight is 224 g/mol. The van der Waals surface area contributed by atoms with Gasteiger partial charge in [-0.2, -0.15) is 0 Å². The van der Waals surface area contributed by atoms with E-state index in [4.69, 9.17) is 5.84 Å². The first kappa shape index (κ1) is 13.7. The Morgan fingerprint density at radius 2 is 2.06 bits per heavy atom. The van der Waals surface area contributed by atoms with Gasteiger partial charge in [0.05, 0.1) is 0 Å². The van der Waals surface area contributed by atoms with Gasteiger partial charge in [-0.05, 0) is 32.1 Å². The Morgan fingerprint density at radius 1 is 1.25 bits per heavy atom. The molecule has 1 atom stereocenters. The summed E-state index contributed by atoms with van der Waals surface area (Å²) in [6.07, 6.45) is 15.6. The lowest BCUT2D eigenvalue weighted by molar-refractivity contribution is 0.484. The molecule has 0 radical (unpaired) electrons. The first-order chi connectivity index (χ1) is 7.88. The number of unbranched alkanes of at least 4 members (excludes halogenated alkanes) is 4. The van der Waals surface area contributed by atoms with E-state index >= 15 is 0 Å². The van der Waals surface area contributed by atoms with Gasteiger partial charge in [-0.3, -0.25) is 11.3 Å². The van der Waals surface area contributed by atoms with Gasteiger partial charge in [-0.1, -0.05) is 50.7 Å². The van der Waals surface area contributed by atoms with Crippen molar-refractivity contribution in [2.45, 2.75) is 77.2 Å². The first-order valence-electron chi connectivity index (χ1n) is 7.03. The lowest BCUT2D eigenvalue weighted by atomic mass is 9.91. The summed E-state index contributed by atoms with van der Waals surface area (Å²) in [5.74, 6) is 5.65. The van der Waals surface area contributed by atoms with Gasteiger partial charge in [-0.15, -0.1) is 0 Å². The number of allylic oxidation sites excluding steroid dienone is 1. The van der Waals surface area contributed by atoms with Crippen molar-refractivity contribution >= 4 is 0 Å². The predicted octanol–water partition coefficient (Wildman–Crippen LogP) is 3.68. The molecular formula is C14H28N2. The minimum absolute atomic E-state index is 0.446. The van der Waals surface area contributed by atoms with E-state index in [2.05, 4.69) is 18.4 Å².